The van der Waals surface area contributed by atoms with Crippen molar-refractivity contribution in [1.82, 2.24) is 4.72 Å². The minimum atomic E-state index is -3.11. The maximum Gasteiger partial charge on any atom is 0.208 e. The summed E-state index contributed by atoms with van der Waals surface area (Å²) in [5.41, 5.74) is -0.283. The molecule has 0 saturated carbocycles. The molecule has 0 aromatic carbocycles. The normalized spacial score (nSPS) is 22.1. The molecular weight excluding hydrogens is 222 g/mol. The van der Waals surface area contributed by atoms with E-state index in [9.17, 15) is 8.42 Å². The van der Waals surface area contributed by atoms with Crippen molar-refractivity contribution in [2.24, 2.45) is 0 Å². The Balaban J connectivity index is 2.52. The average Bonchev–Trinajstić information content (AvgIpc) is 2.15. The van der Waals surface area contributed by atoms with Gasteiger partial charge in [-0.05, 0) is 24.3 Å². The Morgan fingerprint density at radius 2 is 2.00 bits per heavy atom. The van der Waals surface area contributed by atoms with Crippen LogP contribution in [0.1, 0.15) is 12.8 Å². The first kappa shape index (κ1) is 12.3. The van der Waals surface area contributed by atoms with Gasteiger partial charge < -0.3 is 4.74 Å². The lowest BCUT2D eigenvalue weighted by Crippen LogP contribution is -2.46. The Hall–Kier alpha value is 0.220. The van der Waals surface area contributed by atoms with Crippen LogP contribution in [0.3, 0.4) is 0 Å². The molecular formula is C8H17NO3S2. The molecule has 0 aromatic rings. The predicted octanol–water partition coefficient (Wildman–Crippen LogP) is 0.448. The third-order valence-electron chi connectivity index (χ3n) is 2.49. The van der Waals surface area contributed by atoms with Gasteiger partial charge in [0.1, 0.15) is 0 Å². The first-order chi connectivity index (χ1) is 6.47. The molecule has 0 aromatic heterocycles. The van der Waals surface area contributed by atoms with E-state index in [1.165, 1.54) is 6.26 Å². The molecule has 1 heterocycles. The summed E-state index contributed by atoms with van der Waals surface area (Å²) in [5.74, 6) is 2.08. The van der Waals surface area contributed by atoms with Crippen LogP contribution in [-0.2, 0) is 14.8 Å². The molecule has 0 unspecified atom stereocenters. The number of rotatable bonds is 4. The number of sulfonamides is 1. The topological polar surface area (TPSA) is 55.4 Å². The van der Waals surface area contributed by atoms with Crippen LogP contribution in [0.15, 0.2) is 0 Å². The first-order valence-corrected chi connectivity index (χ1v) is 7.60. The van der Waals surface area contributed by atoms with Gasteiger partial charge in [-0.1, -0.05) is 0 Å². The average molecular weight is 239 g/mol. The summed E-state index contributed by atoms with van der Waals surface area (Å²) in [6, 6.07) is 0. The molecule has 0 aliphatic carbocycles. The van der Waals surface area contributed by atoms with E-state index in [2.05, 4.69) is 4.72 Å². The van der Waals surface area contributed by atoms with E-state index in [0.29, 0.717) is 6.54 Å². The van der Waals surface area contributed by atoms with E-state index in [0.717, 1.165) is 24.3 Å². The number of thioether (sulfide) groups is 1. The molecule has 0 amide bonds. The van der Waals surface area contributed by atoms with Crippen LogP contribution in [-0.4, -0.2) is 45.4 Å². The summed E-state index contributed by atoms with van der Waals surface area (Å²) in [4.78, 5) is 0. The van der Waals surface area contributed by atoms with Crippen LogP contribution in [0.25, 0.3) is 0 Å². The van der Waals surface area contributed by atoms with Crippen molar-refractivity contribution in [1.29, 1.82) is 0 Å². The zero-order valence-electron chi connectivity index (χ0n) is 8.58. The fraction of sp³-hybridized carbons (Fsp3) is 1.00. The van der Waals surface area contributed by atoms with E-state index in [4.69, 9.17) is 4.74 Å². The third-order valence-corrected chi connectivity index (χ3v) is 4.15. The number of ether oxygens (including phenoxy) is 1. The fourth-order valence-electron chi connectivity index (χ4n) is 1.46. The lowest BCUT2D eigenvalue weighted by Gasteiger charge is -2.35. The Kier molecular flexibility index (Phi) is 4.24. The van der Waals surface area contributed by atoms with E-state index < -0.39 is 10.0 Å². The molecule has 1 rings (SSSR count). The SMILES string of the molecule is COC1(CNS(C)(=O)=O)CCSCC1. The standard InChI is InChI=1S/C8H17NO3S2/c1-12-8(3-5-13-6-4-8)7-9-14(2,10)11/h9H,3-7H2,1-2H3. The van der Waals surface area contributed by atoms with Crippen molar-refractivity contribution in [2.45, 2.75) is 18.4 Å². The van der Waals surface area contributed by atoms with Crippen LogP contribution >= 0.6 is 11.8 Å². The van der Waals surface area contributed by atoms with Gasteiger partial charge in [0.05, 0.1) is 11.9 Å². The van der Waals surface area contributed by atoms with Crippen molar-refractivity contribution in [2.75, 3.05) is 31.4 Å². The summed E-state index contributed by atoms with van der Waals surface area (Å²) in [7, 11) is -1.46. The highest BCUT2D eigenvalue weighted by molar-refractivity contribution is 7.99. The van der Waals surface area contributed by atoms with Crippen LogP contribution in [0.2, 0.25) is 0 Å². The van der Waals surface area contributed by atoms with E-state index in [-0.39, 0.29) is 5.60 Å². The quantitative estimate of drug-likeness (QED) is 0.774. The molecule has 14 heavy (non-hydrogen) atoms. The van der Waals surface area contributed by atoms with E-state index >= 15 is 0 Å². The first-order valence-electron chi connectivity index (χ1n) is 4.55. The third kappa shape index (κ3) is 3.76. The lowest BCUT2D eigenvalue weighted by molar-refractivity contribution is -0.0118. The van der Waals surface area contributed by atoms with Crippen molar-refractivity contribution in [3.05, 3.63) is 0 Å². The number of hydrogen-bond acceptors (Lipinski definition) is 4. The smallest absolute Gasteiger partial charge is 0.208 e. The lowest BCUT2D eigenvalue weighted by atomic mass is 9.97. The van der Waals surface area contributed by atoms with Gasteiger partial charge >= 0.3 is 0 Å². The van der Waals surface area contributed by atoms with Crippen LogP contribution in [0, 0.1) is 0 Å². The van der Waals surface area contributed by atoms with Gasteiger partial charge in [0.25, 0.3) is 0 Å². The minimum absolute atomic E-state index is 0.283. The molecule has 1 fully saturated rings. The largest absolute Gasteiger partial charge is 0.377 e. The van der Waals surface area contributed by atoms with Gasteiger partial charge in [0.2, 0.25) is 10.0 Å². The fourth-order valence-corrected chi connectivity index (χ4v) is 3.22. The number of hydrogen-bond donors (Lipinski definition) is 1. The van der Waals surface area contributed by atoms with Crippen molar-refractivity contribution in [3.63, 3.8) is 0 Å². The second-order valence-corrected chi connectivity index (χ2v) is 6.65. The zero-order valence-corrected chi connectivity index (χ0v) is 10.2. The summed E-state index contributed by atoms with van der Waals surface area (Å²) in [6.45, 7) is 0.392. The van der Waals surface area contributed by atoms with Crippen LogP contribution in [0.4, 0.5) is 0 Å². The molecule has 1 N–H and O–H groups in total. The summed E-state index contributed by atoms with van der Waals surface area (Å²) in [5, 5.41) is 0. The summed E-state index contributed by atoms with van der Waals surface area (Å²) in [6.07, 6.45) is 3.00. The summed E-state index contributed by atoms with van der Waals surface area (Å²) >= 11 is 1.89. The van der Waals surface area contributed by atoms with Gasteiger partial charge in [-0.25, -0.2) is 13.1 Å². The minimum Gasteiger partial charge on any atom is -0.377 e. The monoisotopic (exact) mass is 239 g/mol. The molecule has 1 aliphatic rings. The number of nitrogens with one attached hydrogen (secondary N) is 1. The molecule has 0 radical (unpaired) electrons. The van der Waals surface area contributed by atoms with Crippen LogP contribution < -0.4 is 4.72 Å². The molecule has 4 nitrogen and oxygen atoms in total. The van der Waals surface area contributed by atoms with Crippen molar-refractivity contribution >= 4 is 21.8 Å². The second-order valence-electron chi connectivity index (χ2n) is 3.59. The number of methoxy groups -OCH3 is 1. The van der Waals surface area contributed by atoms with E-state index in [1.807, 2.05) is 11.8 Å². The Morgan fingerprint density at radius 3 is 2.43 bits per heavy atom. The molecule has 1 aliphatic heterocycles. The maximum atomic E-state index is 11.0. The highest BCUT2D eigenvalue weighted by atomic mass is 32.2. The van der Waals surface area contributed by atoms with Crippen molar-refractivity contribution in [3.8, 4) is 0 Å². The molecule has 0 spiro atoms. The highest BCUT2D eigenvalue weighted by Gasteiger charge is 2.32. The van der Waals surface area contributed by atoms with Crippen LogP contribution in [0.5, 0.6) is 0 Å². The molecule has 6 heteroatoms. The maximum absolute atomic E-state index is 11.0. The van der Waals surface area contributed by atoms with Gasteiger partial charge in [0, 0.05) is 13.7 Å². The van der Waals surface area contributed by atoms with Gasteiger partial charge in [-0.3, -0.25) is 0 Å². The molecule has 0 atom stereocenters. The Labute approximate surface area is 89.8 Å². The highest BCUT2D eigenvalue weighted by Crippen LogP contribution is 2.29. The molecule has 1 saturated heterocycles. The van der Waals surface area contributed by atoms with Gasteiger partial charge in [-0.2, -0.15) is 11.8 Å². The van der Waals surface area contributed by atoms with E-state index in [1.54, 1.807) is 7.11 Å². The van der Waals surface area contributed by atoms with Crippen molar-refractivity contribution < 1.29 is 13.2 Å². The molecule has 84 valence electrons. The summed E-state index contributed by atoms with van der Waals surface area (Å²) < 4.78 is 29.9. The zero-order chi connectivity index (χ0) is 10.7. The predicted molar refractivity (Wildman–Crippen MR) is 59.1 cm³/mol. The molecule has 0 bridgehead atoms. The van der Waals surface area contributed by atoms with Gasteiger partial charge in [0.15, 0.2) is 0 Å². The Morgan fingerprint density at radius 1 is 1.43 bits per heavy atom. The Bertz CT molecular complexity index is 270. The van der Waals surface area contributed by atoms with Gasteiger partial charge in [-0.15, -0.1) is 0 Å². The second kappa shape index (κ2) is 4.83.